The molecule has 0 N–H and O–H groups in total. The van der Waals surface area contributed by atoms with Gasteiger partial charge < -0.3 is 14.0 Å². The first-order valence-corrected chi connectivity index (χ1v) is 7.37. The molecule has 0 radical (unpaired) electrons. The zero-order chi connectivity index (χ0) is 16.2. The fraction of sp³-hybridized carbons (Fsp3) is 0.143. The van der Waals surface area contributed by atoms with Gasteiger partial charge >= 0.3 is 0 Å². The van der Waals surface area contributed by atoms with Crippen LogP contribution in [-0.2, 0) is 6.61 Å². The van der Waals surface area contributed by atoms with E-state index in [0.29, 0.717) is 17.5 Å². The third-order valence-electron chi connectivity index (χ3n) is 2.91. The van der Waals surface area contributed by atoms with Crippen molar-refractivity contribution in [1.29, 1.82) is 0 Å². The number of aromatic nitrogens is 2. The van der Waals surface area contributed by atoms with Gasteiger partial charge in [0.05, 0.1) is 23.0 Å². The van der Waals surface area contributed by atoms with Gasteiger partial charge in [0.15, 0.2) is 18.1 Å². The molecule has 0 saturated carbocycles. The van der Waals surface area contributed by atoms with Crippen molar-refractivity contribution in [2.24, 2.45) is 0 Å². The predicted molar refractivity (Wildman–Crippen MR) is 81.6 cm³/mol. The fourth-order valence-corrected chi connectivity index (χ4v) is 2.49. The Bertz CT molecular complexity index is 816. The summed E-state index contributed by atoms with van der Waals surface area (Å²) in [5.41, 5.74) is -0.0896. The number of ether oxygens (including phenoxy) is 2. The Morgan fingerprint density at radius 3 is 2.91 bits per heavy atom. The first-order chi connectivity index (χ1) is 11.2. The van der Waals surface area contributed by atoms with Crippen LogP contribution in [-0.4, -0.2) is 22.2 Å². The van der Waals surface area contributed by atoms with E-state index in [4.69, 9.17) is 14.0 Å². The molecule has 0 saturated heterocycles. The standard InChI is InChI=1S/C14H11N3O5S/c1-20-10-5-4-9(17(18)19)7-11(10)21-8-13-15-14(22-16-13)12-3-2-6-23-12/h2-7H,8H2,1H3. The Morgan fingerprint density at radius 1 is 1.35 bits per heavy atom. The molecule has 0 aliphatic rings. The lowest BCUT2D eigenvalue weighted by atomic mass is 10.3. The predicted octanol–water partition coefficient (Wildman–Crippen LogP) is 3.29. The lowest BCUT2D eigenvalue weighted by molar-refractivity contribution is -0.385. The van der Waals surface area contributed by atoms with E-state index in [-0.39, 0.29) is 18.0 Å². The van der Waals surface area contributed by atoms with E-state index in [1.807, 2.05) is 17.5 Å². The van der Waals surface area contributed by atoms with E-state index in [1.165, 1.54) is 36.6 Å². The number of methoxy groups -OCH3 is 1. The lowest BCUT2D eigenvalue weighted by Crippen LogP contribution is -2.00. The van der Waals surface area contributed by atoms with Crippen molar-refractivity contribution in [2.75, 3.05) is 7.11 Å². The summed E-state index contributed by atoms with van der Waals surface area (Å²) in [6, 6.07) is 7.86. The van der Waals surface area contributed by atoms with Crippen LogP contribution in [0.25, 0.3) is 10.8 Å². The number of nitro groups is 1. The van der Waals surface area contributed by atoms with Crippen LogP contribution in [0.4, 0.5) is 5.69 Å². The highest BCUT2D eigenvalue weighted by atomic mass is 32.1. The summed E-state index contributed by atoms with van der Waals surface area (Å²) in [6.07, 6.45) is 0. The topological polar surface area (TPSA) is 101 Å². The third-order valence-corrected chi connectivity index (χ3v) is 3.77. The van der Waals surface area contributed by atoms with E-state index >= 15 is 0 Å². The highest BCUT2D eigenvalue weighted by molar-refractivity contribution is 7.13. The van der Waals surface area contributed by atoms with Gasteiger partial charge in [0.2, 0.25) is 5.82 Å². The van der Waals surface area contributed by atoms with Crippen molar-refractivity contribution in [1.82, 2.24) is 10.1 Å². The van der Waals surface area contributed by atoms with Crippen LogP contribution >= 0.6 is 11.3 Å². The Morgan fingerprint density at radius 2 is 2.22 bits per heavy atom. The Balaban J connectivity index is 1.75. The second-order valence-corrected chi connectivity index (χ2v) is 5.32. The summed E-state index contributed by atoms with van der Waals surface area (Å²) in [5, 5.41) is 16.6. The minimum atomic E-state index is -0.504. The molecule has 2 aromatic heterocycles. The normalized spacial score (nSPS) is 10.5. The summed E-state index contributed by atoms with van der Waals surface area (Å²) in [4.78, 5) is 15.4. The second-order valence-electron chi connectivity index (χ2n) is 4.37. The molecule has 0 atom stereocenters. The molecule has 3 aromatic rings. The monoisotopic (exact) mass is 333 g/mol. The van der Waals surface area contributed by atoms with E-state index in [0.717, 1.165) is 4.88 Å². The minimum Gasteiger partial charge on any atom is -0.493 e. The Kier molecular flexibility index (Phi) is 4.20. The van der Waals surface area contributed by atoms with Gasteiger partial charge in [-0.3, -0.25) is 10.1 Å². The van der Waals surface area contributed by atoms with Crippen molar-refractivity contribution < 1.29 is 18.9 Å². The smallest absolute Gasteiger partial charge is 0.273 e. The van der Waals surface area contributed by atoms with Gasteiger partial charge in [-0.25, -0.2) is 0 Å². The molecule has 1 aromatic carbocycles. The average Bonchev–Trinajstić information content (AvgIpc) is 3.23. The molecule has 0 aliphatic carbocycles. The van der Waals surface area contributed by atoms with Gasteiger partial charge in [-0.05, 0) is 17.5 Å². The number of non-ortho nitro benzene ring substituents is 1. The summed E-state index contributed by atoms with van der Waals surface area (Å²) < 4.78 is 15.8. The summed E-state index contributed by atoms with van der Waals surface area (Å²) >= 11 is 1.48. The van der Waals surface area contributed by atoms with Crippen molar-refractivity contribution >= 4 is 17.0 Å². The second kappa shape index (κ2) is 6.44. The lowest BCUT2D eigenvalue weighted by Gasteiger charge is -2.08. The number of hydrogen-bond donors (Lipinski definition) is 0. The van der Waals surface area contributed by atoms with Gasteiger partial charge in [-0.2, -0.15) is 4.98 Å². The van der Waals surface area contributed by atoms with Crippen molar-refractivity contribution in [3.63, 3.8) is 0 Å². The van der Waals surface area contributed by atoms with Gasteiger partial charge in [-0.15, -0.1) is 11.3 Å². The van der Waals surface area contributed by atoms with E-state index in [9.17, 15) is 10.1 Å². The molecule has 0 amide bonds. The zero-order valence-corrected chi connectivity index (χ0v) is 12.8. The minimum absolute atomic E-state index is 0.00635. The SMILES string of the molecule is COc1ccc([N+](=O)[O-])cc1OCc1noc(-c2cccs2)n1. The van der Waals surface area contributed by atoms with Crippen LogP contribution in [0.3, 0.4) is 0 Å². The van der Waals surface area contributed by atoms with Gasteiger partial charge in [0.1, 0.15) is 0 Å². The molecule has 0 fully saturated rings. The highest BCUT2D eigenvalue weighted by Gasteiger charge is 2.15. The molecular formula is C14H11N3O5S. The summed E-state index contributed by atoms with van der Waals surface area (Å²) in [7, 11) is 1.46. The third kappa shape index (κ3) is 3.29. The molecule has 0 aliphatic heterocycles. The molecule has 0 spiro atoms. The Labute approximate surface area is 134 Å². The van der Waals surface area contributed by atoms with Gasteiger partial charge in [0, 0.05) is 6.07 Å². The molecule has 118 valence electrons. The number of nitro benzene ring substituents is 1. The largest absolute Gasteiger partial charge is 0.493 e. The molecule has 0 unspecified atom stereocenters. The molecule has 3 rings (SSSR count). The Hall–Kier alpha value is -2.94. The maximum atomic E-state index is 10.8. The molecule has 0 bridgehead atoms. The van der Waals surface area contributed by atoms with Crippen LogP contribution in [0, 0.1) is 10.1 Å². The molecule has 23 heavy (non-hydrogen) atoms. The number of thiophene rings is 1. The van der Waals surface area contributed by atoms with Crippen molar-refractivity contribution in [3.8, 4) is 22.3 Å². The van der Waals surface area contributed by atoms with Gasteiger partial charge in [0.25, 0.3) is 11.6 Å². The van der Waals surface area contributed by atoms with Crippen LogP contribution in [0.15, 0.2) is 40.2 Å². The maximum Gasteiger partial charge on any atom is 0.273 e. The van der Waals surface area contributed by atoms with Crippen LogP contribution in [0.1, 0.15) is 5.82 Å². The maximum absolute atomic E-state index is 10.8. The number of benzene rings is 1. The van der Waals surface area contributed by atoms with E-state index in [1.54, 1.807) is 0 Å². The molecule has 8 nitrogen and oxygen atoms in total. The summed E-state index contributed by atoms with van der Waals surface area (Å²) in [5.74, 6) is 1.37. The van der Waals surface area contributed by atoms with Crippen molar-refractivity contribution in [2.45, 2.75) is 6.61 Å². The van der Waals surface area contributed by atoms with Crippen LogP contribution in [0.2, 0.25) is 0 Å². The number of nitrogens with zero attached hydrogens (tertiary/aromatic N) is 3. The molecule has 2 heterocycles. The first kappa shape index (κ1) is 15.0. The molecule has 9 heteroatoms. The first-order valence-electron chi connectivity index (χ1n) is 6.49. The molecular weight excluding hydrogens is 322 g/mol. The number of hydrogen-bond acceptors (Lipinski definition) is 8. The average molecular weight is 333 g/mol. The van der Waals surface area contributed by atoms with Crippen LogP contribution in [0.5, 0.6) is 11.5 Å². The quantitative estimate of drug-likeness (QED) is 0.504. The van der Waals surface area contributed by atoms with Crippen LogP contribution < -0.4 is 9.47 Å². The highest BCUT2D eigenvalue weighted by Crippen LogP contribution is 2.31. The van der Waals surface area contributed by atoms with Crippen molar-refractivity contribution in [3.05, 3.63) is 51.7 Å². The van der Waals surface area contributed by atoms with E-state index in [2.05, 4.69) is 10.1 Å². The fourth-order valence-electron chi connectivity index (χ4n) is 1.85. The zero-order valence-electron chi connectivity index (χ0n) is 12.0. The van der Waals surface area contributed by atoms with E-state index < -0.39 is 4.92 Å². The summed E-state index contributed by atoms with van der Waals surface area (Å²) in [6.45, 7) is 0.00635. The number of rotatable bonds is 6. The van der Waals surface area contributed by atoms with Gasteiger partial charge in [-0.1, -0.05) is 11.2 Å².